The van der Waals surface area contributed by atoms with Crippen molar-refractivity contribution in [3.05, 3.63) is 70.7 Å². The summed E-state index contributed by atoms with van der Waals surface area (Å²) in [7, 11) is -3.81. The Morgan fingerprint density at radius 1 is 1.21 bits per heavy atom. The van der Waals surface area contributed by atoms with Crippen LogP contribution in [0.15, 0.2) is 54.6 Å². The van der Waals surface area contributed by atoms with Crippen molar-refractivity contribution in [1.29, 1.82) is 0 Å². The number of benzene rings is 2. The van der Waals surface area contributed by atoms with Gasteiger partial charge in [-0.3, -0.25) is 14.3 Å². The fourth-order valence-corrected chi connectivity index (χ4v) is 4.72. The van der Waals surface area contributed by atoms with E-state index in [2.05, 4.69) is 4.72 Å². The van der Waals surface area contributed by atoms with Crippen LogP contribution >= 0.6 is 11.6 Å². The van der Waals surface area contributed by atoms with Gasteiger partial charge >= 0.3 is 0 Å². The maximum atomic E-state index is 12.5. The largest absolute Gasteiger partial charge is 0.335 e. The van der Waals surface area contributed by atoms with Gasteiger partial charge in [0.1, 0.15) is 0 Å². The molecule has 8 heteroatoms. The van der Waals surface area contributed by atoms with Gasteiger partial charge in [-0.05, 0) is 36.6 Å². The van der Waals surface area contributed by atoms with Crippen LogP contribution in [-0.4, -0.2) is 37.4 Å². The third kappa shape index (κ3) is 5.58. The van der Waals surface area contributed by atoms with Crippen LogP contribution in [0.1, 0.15) is 30.5 Å². The van der Waals surface area contributed by atoms with Crippen molar-refractivity contribution in [1.82, 2.24) is 9.62 Å². The summed E-state index contributed by atoms with van der Waals surface area (Å²) in [5.74, 6) is -1.70. The number of hydrogen-bond acceptors (Lipinski definition) is 4. The molecule has 1 fully saturated rings. The van der Waals surface area contributed by atoms with Crippen molar-refractivity contribution in [2.24, 2.45) is 5.92 Å². The van der Waals surface area contributed by atoms with Crippen molar-refractivity contribution in [3.8, 4) is 0 Å². The highest BCUT2D eigenvalue weighted by Crippen LogP contribution is 2.28. The molecular weight excluding hydrogens is 412 g/mol. The topological polar surface area (TPSA) is 83.6 Å². The van der Waals surface area contributed by atoms with E-state index in [0.717, 1.165) is 11.1 Å². The van der Waals surface area contributed by atoms with Gasteiger partial charge in [0.2, 0.25) is 21.8 Å². The quantitative estimate of drug-likeness (QED) is 0.726. The standard InChI is InChI=1S/C21H23ClN2O4S/c1-15(17-7-3-2-4-8-17)24-14-18(13-20(24)25)21(26)23-29(27,28)11-10-16-6-5-9-19(22)12-16/h2-9,12,15,18H,10-11,13-14H2,1H3,(H,23,26). The van der Waals surface area contributed by atoms with Crippen molar-refractivity contribution in [2.75, 3.05) is 12.3 Å². The number of carbonyl (C=O) groups is 2. The van der Waals surface area contributed by atoms with E-state index < -0.39 is 21.8 Å². The van der Waals surface area contributed by atoms with Crippen LogP contribution in [0.25, 0.3) is 0 Å². The monoisotopic (exact) mass is 434 g/mol. The van der Waals surface area contributed by atoms with Gasteiger partial charge in [0.15, 0.2) is 0 Å². The van der Waals surface area contributed by atoms with Gasteiger partial charge in [-0.2, -0.15) is 0 Å². The molecule has 0 bridgehead atoms. The van der Waals surface area contributed by atoms with E-state index in [1.807, 2.05) is 37.3 Å². The summed E-state index contributed by atoms with van der Waals surface area (Å²) in [5.41, 5.74) is 1.74. The molecule has 2 aromatic rings. The molecule has 0 saturated carbocycles. The molecule has 6 nitrogen and oxygen atoms in total. The third-order valence-electron chi connectivity index (χ3n) is 5.08. The number of nitrogens with zero attached hydrogens (tertiary/aromatic N) is 1. The van der Waals surface area contributed by atoms with Gasteiger partial charge in [0.05, 0.1) is 17.7 Å². The first-order valence-corrected chi connectivity index (χ1v) is 11.4. The normalized spacial score (nSPS) is 17.9. The van der Waals surface area contributed by atoms with Crippen molar-refractivity contribution < 1.29 is 18.0 Å². The lowest BCUT2D eigenvalue weighted by atomic mass is 10.1. The molecule has 1 aliphatic rings. The molecule has 2 amide bonds. The van der Waals surface area contributed by atoms with Gasteiger partial charge in [-0.1, -0.05) is 54.1 Å². The zero-order valence-corrected chi connectivity index (χ0v) is 17.6. The molecular formula is C21H23ClN2O4S. The number of hydrogen-bond donors (Lipinski definition) is 1. The summed E-state index contributed by atoms with van der Waals surface area (Å²) in [6.07, 6.45) is 0.247. The first-order valence-electron chi connectivity index (χ1n) is 9.38. The second kappa shape index (κ2) is 8.97. The summed E-state index contributed by atoms with van der Waals surface area (Å²) in [6, 6.07) is 16.3. The molecule has 0 aliphatic carbocycles. The zero-order valence-electron chi connectivity index (χ0n) is 16.0. The molecule has 0 spiro atoms. The van der Waals surface area contributed by atoms with Crippen LogP contribution in [0.4, 0.5) is 0 Å². The van der Waals surface area contributed by atoms with Gasteiger partial charge in [-0.15, -0.1) is 0 Å². The fourth-order valence-electron chi connectivity index (χ4n) is 3.43. The molecule has 2 atom stereocenters. The van der Waals surface area contributed by atoms with Gasteiger partial charge < -0.3 is 4.90 Å². The van der Waals surface area contributed by atoms with Crippen molar-refractivity contribution in [2.45, 2.75) is 25.8 Å². The number of halogens is 1. The molecule has 1 N–H and O–H groups in total. The fraction of sp³-hybridized carbons (Fsp3) is 0.333. The lowest BCUT2D eigenvalue weighted by Crippen LogP contribution is -2.38. The van der Waals surface area contributed by atoms with E-state index in [-0.39, 0.29) is 37.1 Å². The minimum atomic E-state index is -3.81. The SMILES string of the molecule is CC(c1ccccc1)N1CC(C(=O)NS(=O)(=O)CCc2cccc(Cl)c2)CC1=O. The van der Waals surface area contributed by atoms with Crippen LogP contribution in [0, 0.1) is 5.92 Å². The maximum absolute atomic E-state index is 12.5. The Morgan fingerprint density at radius 3 is 2.62 bits per heavy atom. The van der Waals surface area contributed by atoms with Crippen LogP contribution in [0.5, 0.6) is 0 Å². The second-order valence-corrected chi connectivity index (χ2v) is 9.48. The highest BCUT2D eigenvalue weighted by molar-refractivity contribution is 7.90. The minimum absolute atomic E-state index is 0.00677. The van der Waals surface area contributed by atoms with E-state index in [4.69, 9.17) is 11.6 Å². The number of likely N-dealkylation sites (tertiary alicyclic amines) is 1. The summed E-state index contributed by atoms with van der Waals surface area (Å²) in [6.45, 7) is 2.10. The third-order valence-corrected chi connectivity index (χ3v) is 6.57. The lowest BCUT2D eigenvalue weighted by Gasteiger charge is -2.25. The zero-order chi connectivity index (χ0) is 21.0. The Bertz CT molecular complexity index is 995. The highest BCUT2D eigenvalue weighted by Gasteiger charge is 2.38. The van der Waals surface area contributed by atoms with Crippen LogP contribution in [0.3, 0.4) is 0 Å². The lowest BCUT2D eigenvalue weighted by molar-refractivity contribution is -0.130. The molecule has 154 valence electrons. The summed E-state index contributed by atoms with van der Waals surface area (Å²) < 4.78 is 26.7. The van der Waals surface area contributed by atoms with Gasteiger partial charge in [0.25, 0.3) is 0 Å². The molecule has 0 radical (unpaired) electrons. The minimum Gasteiger partial charge on any atom is -0.335 e. The number of aryl methyl sites for hydroxylation is 1. The second-order valence-electron chi connectivity index (χ2n) is 7.20. The van der Waals surface area contributed by atoms with Crippen molar-refractivity contribution in [3.63, 3.8) is 0 Å². The molecule has 1 aliphatic heterocycles. The molecule has 0 aromatic heterocycles. The van der Waals surface area contributed by atoms with Crippen LogP contribution < -0.4 is 4.72 Å². The predicted octanol–water partition coefficient (Wildman–Crippen LogP) is 2.94. The maximum Gasteiger partial charge on any atom is 0.238 e. The number of carbonyl (C=O) groups excluding carboxylic acids is 2. The Labute approximate surface area is 175 Å². The highest BCUT2D eigenvalue weighted by atomic mass is 35.5. The first kappa shape index (κ1) is 21.3. The number of amides is 2. The summed E-state index contributed by atoms with van der Waals surface area (Å²) >= 11 is 5.91. The average Bonchev–Trinajstić information content (AvgIpc) is 3.08. The van der Waals surface area contributed by atoms with Crippen LogP contribution in [-0.2, 0) is 26.0 Å². The van der Waals surface area contributed by atoms with Crippen molar-refractivity contribution >= 4 is 33.4 Å². The van der Waals surface area contributed by atoms with E-state index in [1.165, 1.54) is 0 Å². The van der Waals surface area contributed by atoms with Gasteiger partial charge in [0, 0.05) is 18.0 Å². The Kier molecular flexibility index (Phi) is 6.59. The Balaban J connectivity index is 1.58. The smallest absolute Gasteiger partial charge is 0.238 e. The molecule has 3 rings (SSSR count). The summed E-state index contributed by atoms with van der Waals surface area (Å²) in [5, 5.41) is 0.529. The van der Waals surface area contributed by atoms with E-state index in [0.29, 0.717) is 5.02 Å². The predicted molar refractivity (Wildman–Crippen MR) is 112 cm³/mol. The molecule has 1 heterocycles. The average molecular weight is 435 g/mol. The first-order chi connectivity index (χ1) is 13.7. The van der Waals surface area contributed by atoms with Crippen LogP contribution in [0.2, 0.25) is 5.02 Å². The van der Waals surface area contributed by atoms with Gasteiger partial charge in [-0.25, -0.2) is 8.42 Å². The molecule has 2 aromatic carbocycles. The van der Waals surface area contributed by atoms with E-state index in [1.54, 1.807) is 29.2 Å². The van der Waals surface area contributed by atoms with E-state index in [9.17, 15) is 18.0 Å². The Morgan fingerprint density at radius 2 is 1.93 bits per heavy atom. The molecule has 29 heavy (non-hydrogen) atoms. The summed E-state index contributed by atoms with van der Waals surface area (Å²) in [4.78, 5) is 26.5. The number of sulfonamides is 1. The van der Waals surface area contributed by atoms with E-state index >= 15 is 0 Å². The molecule has 2 unspecified atom stereocenters. The molecule has 1 saturated heterocycles. The number of rotatable bonds is 7. The number of nitrogens with one attached hydrogen (secondary N) is 1. The Hall–Kier alpha value is -2.38.